The van der Waals surface area contributed by atoms with Crippen molar-refractivity contribution in [3.05, 3.63) is 57.5 Å². The molecule has 1 saturated carbocycles. The first-order chi connectivity index (χ1) is 9.74. The fourth-order valence-electron chi connectivity index (χ4n) is 1.92. The van der Waals surface area contributed by atoms with Gasteiger partial charge in [0.15, 0.2) is 0 Å². The van der Waals surface area contributed by atoms with Crippen molar-refractivity contribution in [2.45, 2.75) is 18.7 Å². The van der Waals surface area contributed by atoms with Crippen molar-refractivity contribution < 1.29 is 9.31 Å². The minimum Gasteiger partial charge on any atom is -0.525 e. The van der Waals surface area contributed by atoms with Crippen LogP contribution in [0.4, 0.5) is 0 Å². The minimum atomic E-state index is -0.243. The van der Waals surface area contributed by atoms with Crippen LogP contribution in [0, 0.1) is 0 Å². The third-order valence-electron chi connectivity index (χ3n) is 3.17. The number of para-hydroxylation sites is 2. The molecule has 1 fully saturated rings. The van der Waals surface area contributed by atoms with Crippen LogP contribution in [-0.4, -0.2) is 7.12 Å². The molecule has 0 aromatic heterocycles. The number of rotatable bonds is 5. The number of hydrogen-bond acceptors (Lipinski definition) is 2. The topological polar surface area (TPSA) is 18.5 Å². The summed E-state index contributed by atoms with van der Waals surface area (Å²) in [7, 11) is -0.243. The Morgan fingerprint density at radius 1 is 0.800 bits per heavy atom. The zero-order chi connectivity index (χ0) is 13.9. The second kappa shape index (κ2) is 6.23. The van der Waals surface area contributed by atoms with Crippen molar-refractivity contribution in [2.24, 2.45) is 0 Å². The fourth-order valence-corrected chi connectivity index (χ4v) is 2.67. The Morgan fingerprint density at radius 2 is 1.25 bits per heavy atom. The SMILES string of the molecule is Brc1ccccc1OB(Oc1ccccc1Br)C1CC1. The molecular formula is C15H13BBr2O2. The van der Waals surface area contributed by atoms with Crippen molar-refractivity contribution in [3.8, 4) is 11.5 Å². The summed E-state index contributed by atoms with van der Waals surface area (Å²) in [5.74, 6) is 2.10. The predicted octanol–water partition coefficient (Wildman–Crippen LogP) is 5.32. The highest BCUT2D eigenvalue weighted by atomic mass is 79.9. The first kappa shape index (κ1) is 14.0. The van der Waals surface area contributed by atoms with Gasteiger partial charge in [-0.1, -0.05) is 24.3 Å². The summed E-state index contributed by atoms with van der Waals surface area (Å²) in [5.41, 5.74) is 0. The Balaban J connectivity index is 1.77. The molecule has 0 atom stereocenters. The van der Waals surface area contributed by atoms with Gasteiger partial charge in [0.2, 0.25) is 0 Å². The Hall–Kier alpha value is -0.935. The van der Waals surface area contributed by atoms with Crippen LogP contribution in [0.5, 0.6) is 11.5 Å². The van der Waals surface area contributed by atoms with Crippen LogP contribution < -0.4 is 9.31 Å². The van der Waals surface area contributed by atoms with Gasteiger partial charge in [0.25, 0.3) is 0 Å². The number of hydrogen-bond donors (Lipinski definition) is 0. The normalized spacial score (nSPS) is 13.9. The summed E-state index contributed by atoms with van der Waals surface area (Å²) in [6.07, 6.45) is 2.30. The van der Waals surface area contributed by atoms with Crippen molar-refractivity contribution in [3.63, 3.8) is 0 Å². The fraction of sp³-hybridized carbons (Fsp3) is 0.200. The van der Waals surface area contributed by atoms with E-state index >= 15 is 0 Å². The van der Waals surface area contributed by atoms with Crippen molar-refractivity contribution >= 4 is 39.0 Å². The zero-order valence-corrected chi connectivity index (χ0v) is 13.9. The van der Waals surface area contributed by atoms with Crippen LogP contribution in [-0.2, 0) is 0 Å². The maximum Gasteiger partial charge on any atom is 0.598 e. The monoisotopic (exact) mass is 394 g/mol. The van der Waals surface area contributed by atoms with Gasteiger partial charge in [0.05, 0.1) is 8.95 Å². The predicted molar refractivity (Wildman–Crippen MR) is 88.3 cm³/mol. The Kier molecular flexibility index (Phi) is 4.37. The van der Waals surface area contributed by atoms with Gasteiger partial charge in [-0.2, -0.15) is 0 Å². The minimum absolute atomic E-state index is 0.243. The smallest absolute Gasteiger partial charge is 0.525 e. The maximum atomic E-state index is 6.04. The van der Waals surface area contributed by atoms with Gasteiger partial charge in [0, 0.05) is 5.82 Å². The van der Waals surface area contributed by atoms with E-state index in [1.54, 1.807) is 0 Å². The van der Waals surface area contributed by atoms with Gasteiger partial charge in [-0.3, -0.25) is 0 Å². The molecule has 5 heteroatoms. The molecule has 0 aliphatic heterocycles. The van der Waals surface area contributed by atoms with Crippen LogP contribution in [0.3, 0.4) is 0 Å². The van der Waals surface area contributed by atoms with Gasteiger partial charge in [-0.15, -0.1) is 0 Å². The summed E-state index contributed by atoms with van der Waals surface area (Å²) in [6, 6.07) is 15.7. The summed E-state index contributed by atoms with van der Waals surface area (Å²) in [5, 5.41) is 0. The molecule has 0 bridgehead atoms. The van der Waals surface area contributed by atoms with E-state index in [-0.39, 0.29) is 7.12 Å². The zero-order valence-electron chi connectivity index (χ0n) is 10.8. The van der Waals surface area contributed by atoms with Crippen molar-refractivity contribution in [1.82, 2.24) is 0 Å². The molecule has 0 amide bonds. The quantitative estimate of drug-likeness (QED) is 0.638. The van der Waals surface area contributed by atoms with Gasteiger partial charge in [-0.25, -0.2) is 0 Å². The van der Waals surface area contributed by atoms with Crippen LogP contribution in [0.2, 0.25) is 5.82 Å². The second-order valence-electron chi connectivity index (χ2n) is 4.80. The molecule has 2 aromatic carbocycles. The Labute approximate surface area is 135 Å². The standard InChI is InChI=1S/C15H13BBr2O2/c17-12-5-1-3-7-14(12)19-16(11-9-10-11)20-15-8-4-2-6-13(15)18/h1-8,11H,9-10H2. The highest BCUT2D eigenvalue weighted by molar-refractivity contribution is 9.10. The molecular weight excluding hydrogens is 383 g/mol. The molecule has 1 aliphatic carbocycles. The van der Waals surface area contributed by atoms with E-state index in [1.807, 2.05) is 48.5 Å². The highest BCUT2D eigenvalue weighted by Crippen LogP contribution is 2.42. The third kappa shape index (κ3) is 3.39. The first-order valence-electron chi connectivity index (χ1n) is 6.56. The molecule has 0 saturated heterocycles. The number of benzene rings is 2. The van der Waals surface area contributed by atoms with Crippen LogP contribution in [0.15, 0.2) is 57.5 Å². The largest absolute Gasteiger partial charge is 0.598 e. The second-order valence-corrected chi connectivity index (χ2v) is 6.51. The lowest BCUT2D eigenvalue weighted by Gasteiger charge is -2.18. The summed E-state index contributed by atoms with van der Waals surface area (Å²) in [6.45, 7) is 0. The van der Waals surface area contributed by atoms with Gasteiger partial charge in [-0.05, 0) is 69.0 Å². The lowest BCUT2D eigenvalue weighted by Crippen LogP contribution is -2.30. The third-order valence-corrected chi connectivity index (χ3v) is 4.48. The first-order valence-corrected chi connectivity index (χ1v) is 8.15. The maximum absolute atomic E-state index is 6.04. The number of halogens is 2. The molecule has 20 heavy (non-hydrogen) atoms. The molecule has 0 radical (unpaired) electrons. The lowest BCUT2D eigenvalue weighted by atomic mass is 9.81. The van der Waals surface area contributed by atoms with Crippen LogP contribution in [0.25, 0.3) is 0 Å². The molecule has 0 unspecified atom stereocenters. The van der Waals surface area contributed by atoms with Gasteiger partial charge < -0.3 is 9.31 Å². The van der Waals surface area contributed by atoms with E-state index in [1.165, 1.54) is 0 Å². The average Bonchev–Trinajstić information content (AvgIpc) is 3.27. The molecule has 0 heterocycles. The highest BCUT2D eigenvalue weighted by Gasteiger charge is 2.43. The summed E-state index contributed by atoms with van der Waals surface area (Å²) >= 11 is 7.01. The molecule has 2 nitrogen and oxygen atoms in total. The van der Waals surface area contributed by atoms with Gasteiger partial charge in [0.1, 0.15) is 11.5 Å². The van der Waals surface area contributed by atoms with Crippen molar-refractivity contribution in [2.75, 3.05) is 0 Å². The molecule has 0 N–H and O–H groups in total. The van der Waals surface area contributed by atoms with E-state index in [2.05, 4.69) is 31.9 Å². The van der Waals surface area contributed by atoms with E-state index in [4.69, 9.17) is 9.31 Å². The van der Waals surface area contributed by atoms with Crippen molar-refractivity contribution in [1.29, 1.82) is 0 Å². The molecule has 102 valence electrons. The van der Waals surface area contributed by atoms with Gasteiger partial charge >= 0.3 is 7.12 Å². The van der Waals surface area contributed by atoms with Crippen LogP contribution in [0.1, 0.15) is 12.8 Å². The molecule has 3 rings (SSSR count). The molecule has 0 spiro atoms. The summed E-state index contributed by atoms with van der Waals surface area (Å²) in [4.78, 5) is 0. The Morgan fingerprint density at radius 3 is 1.65 bits per heavy atom. The lowest BCUT2D eigenvalue weighted by molar-refractivity contribution is 0.416. The molecule has 2 aromatic rings. The van der Waals surface area contributed by atoms with Crippen LogP contribution >= 0.6 is 31.9 Å². The van der Waals surface area contributed by atoms with E-state index < -0.39 is 0 Å². The molecule has 1 aliphatic rings. The summed E-state index contributed by atoms with van der Waals surface area (Å²) < 4.78 is 14.0. The van der Waals surface area contributed by atoms with E-state index in [9.17, 15) is 0 Å². The van der Waals surface area contributed by atoms with E-state index in [0.29, 0.717) is 5.82 Å². The average molecular weight is 396 g/mol. The Bertz CT molecular complexity index is 554. The van der Waals surface area contributed by atoms with E-state index in [0.717, 1.165) is 33.3 Å².